The second kappa shape index (κ2) is 11.1. The lowest BCUT2D eigenvalue weighted by Gasteiger charge is -1.96. The third-order valence-electron chi connectivity index (χ3n) is 1.69. The summed E-state index contributed by atoms with van der Waals surface area (Å²) in [7, 11) is 0. The molecule has 1 amide bonds. The van der Waals surface area contributed by atoms with Gasteiger partial charge >= 0.3 is 5.97 Å². The minimum absolute atomic E-state index is 0.0556. The van der Waals surface area contributed by atoms with E-state index in [2.05, 4.69) is 6.58 Å². The van der Waals surface area contributed by atoms with E-state index in [0.29, 0.717) is 19.3 Å². The van der Waals surface area contributed by atoms with Crippen molar-refractivity contribution in [1.29, 1.82) is 0 Å². The van der Waals surface area contributed by atoms with E-state index in [9.17, 15) is 9.59 Å². The van der Waals surface area contributed by atoms with Crippen molar-refractivity contribution >= 4 is 11.9 Å². The minimum Gasteiger partial charge on any atom is -0.478 e. The fourth-order valence-electron chi connectivity index (χ4n) is 0.848. The Hall–Kier alpha value is -1.40. The second-order valence-electron chi connectivity index (χ2n) is 3.61. The average molecular weight is 247 g/mol. The van der Waals surface area contributed by atoms with Gasteiger partial charge in [-0.2, -0.15) is 0 Å². The molecule has 0 rings (SSSR count). The standard InChI is InChI=1S/C7H12O3.C4H9NO2/c1-6(7(9)10)4-2-3-5-8;1-3(6)2-4(5)7/h8H,1-5H2,(H,9,10);3,6H,2H2,1H3,(H2,5,7). The number of hydrogen-bond donors (Lipinski definition) is 4. The van der Waals surface area contributed by atoms with Crippen molar-refractivity contribution in [2.45, 2.75) is 38.7 Å². The molecule has 0 aliphatic rings. The van der Waals surface area contributed by atoms with Gasteiger partial charge in [0, 0.05) is 12.2 Å². The molecule has 1 atom stereocenters. The quantitative estimate of drug-likeness (QED) is 0.373. The number of carbonyl (C=O) groups excluding carboxylic acids is 1. The molecule has 0 aliphatic heterocycles. The van der Waals surface area contributed by atoms with Gasteiger partial charge in [-0.15, -0.1) is 0 Å². The number of carbonyl (C=O) groups is 2. The largest absolute Gasteiger partial charge is 0.478 e. The molecule has 100 valence electrons. The maximum Gasteiger partial charge on any atom is 0.330 e. The van der Waals surface area contributed by atoms with Gasteiger partial charge in [0.2, 0.25) is 5.91 Å². The molecule has 17 heavy (non-hydrogen) atoms. The van der Waals surface area contributed by atoms with Crippen LogP contribution in [0, 0.1) is 0 Å². The molecular weight excluding hydrogens is 226 g/mol. The fraction of sp³-hybridized carbons (Fsp3) is 0.636. The summed E-state index contributed by atoms with van der Waals surface area (Å²) in [5.74, 6) is -1.41. The van der Waals surface area contributed by atoms with Gasteiger partial charge in [0.05, 0.1) is 12.5 Å². The number of hydrogen-bond acceptors (Lipinski definition) is 4. The first kappa shape index (κ1) is 18.0. The molecule has 0 aromatic carbocycles. The van der Waals surface area contributed by atoms with Crippen LogP contribution in [0.2, 0.25) is 0 Å². The summed E-state index contributed by atoms with van der Waals surface area (Å²) >= 11 is 0. The van der Waals surface area contributed by atoms with Gasteiger partial charge in [-0.3, -0.25) is 4.79 Å². The van der Waals surface area contributed by atoms with E-state index in [1.54, 1.807) is 0 Å². The van der Waals surface area contributed by atoms with E-state index in [1.165, 1.54) is 6.92 Å². The third-order valence-corrected chi connectivity index (χ3v) is 1.69. The molecule has 0 radical (unpaired) electrons. The van der Waals surface area contributed by atoms with Crippen molar-refractivity contribution in [2.75, 3.05) is 6.61 Å². The van der Waals surface area contributed by atoms with E-state index in [1.807, 2.05) is 0 Å². The monoisotopic (exact) mass is 247 g/mol. The predicted octanol–water partition coefficient (Wildman–Crippen LogP) is 0.0324. The predicted molar refractivity (Wildman–Crippen MR) is 63.2 cm³/mol. The summed E-state index contributed by atoms with van der Waals surface area (Å²) in [5.41, 5.74) is 4.91. The SMILES string of the molecule is C=C(CCCCO)C(=O)O.CC(O)CC(N)=O. The average Bonchev–Trinajstić information content (AvgIpc) is 2.16. The highest BCUT2D eigenvalue weighted by Gasteiger charge is 2.01. The maximum absolute atomic E-state index is 10.1. The zero-order valence-corrected chi connectivity index (χ0v) is 10.1. The van der Waals surface area contributed by atoms with E-state index in [-0.39, 0.29) is 18.6 Å². The molecule has 0 bridgehead atoms. The Labute approximate surface area is 101 Å². The first-order valence-corrected chi connectivity index (χ1v) is 5.29. The Morgan fingerprint density at radius 3 is 2.12 bits per heavy atom. The van der Waals surface area contributed by atoms with E-state index in [4.69, 9.17) is 21.1 Å². The molecule has 0 fully saturated rings. The number of carboxylic acids is 1. The smallest absolute Gasteiger partial charge is 0.330 e. The summed E-state index contributed by atoms with van der Waals surface area (Å²) in [4.78, 5) is 20.0. The highest BCUT2D eigenvalue weighted by molar-refractivity contribution is 5.85. The zero-order valence-electron chi connectivity index (χ0n) is 10.1. The molecule has 6 heteroatoms. The minimum atomic E-state index is -0.946. The maximum atomic E-state index is 10.1. The Morgan fingerprint density at radius 2 is 1.88 bits per heavy atom. The van der Waals surface area contributed by atoms with Crippen molar-refractivity contribution < 1.29 is 24.9 Å². The highest BCUT2D eigenvalue weighted by Crippen LogP contribution is 2.03. The number of nitrogens with two attached hydrogens (primary N) is 1. The summed E-state index contributed by atoms with van der Waals surface area (Å²) in [6.07, 6.45) is 1.27. The van der Waals surface area contributed by atoms with Crippen molar-refractivity contribution in [3.05, 3.63) is 12.2 Å². The number of carboxylic acid groups (broad SMARTS) is 1. The lowest BCUT2D eigenvalue weighted by molar-refractivity contribution is -0.132. The number of rotatable bonds is 7. The van der Waals surface area contributed by atoms with Crippen molar-refractivity contribution in [1.82, 2.24) is 0 Å². The van der Waals surface area contributed by atoms with Crippen LogP contribution in [0.1, 0.15) is 32.6 Å². The van der Waals surface area contributed by atoms with E-state index < -0.39 is 18.0 Å². The molecule has 0 aromatic heterocycles. The van der Waals surface area contributed by atoms with Gasteiger partial charge in [0.1, 0.15) is 0 Å². The Balaban J connectivity index is 0. The number of primary amides is 1. The van der Waals surface area contributed by atoms with Gasteiger partial charge in [-0.05, 0) is 26.2 Å². The highest BCUT2D eigenvalue weighted by atomic mass is 16.4. The molecule has 1 unspecified atom stereocenters. The van der Waals surface area contributed by atoms with Crippen LogP contribution in [-0.4, -0.2) is 39.9 Å². The van der Waals surface area contributed by atoms with E-state index in [0.717, 1.165) is 0 Å². The first-order chi connectivity index (χ1) is 7.81. The molecule has 5 N–H and O–H groups in total. The van der Waals surface area contributed by atoms with Crippen LogP contribution in [-0.2, 0) is 9.59 Å². The van der Waals surface area contributed by atoms with Crippen molar-refractivity contribution in [3.63, 3.8) is 0 Å². The van der Waals surface area contributed by atoms with Crippen LogP contribution in [0.15, 0.2) is 12.2 Å². The molecule has 0 saturated carbocycles. The number of unbranched alkanes of at least 4 members (excludes halogenated alkanes) is 1. The number of aliphatic hydroxyl groups is 2. The van der Waals surface area contributed by atoms with Gasteiger partial charge in [-0.1, -0.05) is 6.58 Å². The van der Waals surface area contributed by atoms with Gasteiger partial charge in [-0.25, -0.2) is 4.79 Å². The Kier molecular flexibility index (Phi) is 11.7. The summed E-state index contributed by atoms with van der Waals surface area (Å²) in [6.45, 7) is 4.98. The molecule has 6 nitrogen and oxygen atoms in total. The third kappa shape index (κ3) is 17.2. The summed E-state index contributed by atoms with van der Waals surface area (Å²) in [5, 5.41) is 25.1. The van der Waals surface area contributed by atoms with Crippen LogP contribution in [0.4, 0.5) is 0 Å². The fourth-order valence-corrected chi connectivity index (χ4v) is 0.848. The van der Waals surface area contributed by atoms with Gasteiger partial charge < -0.3 is 21.1 Å². The van der Waals surface area contributed by atoms with Crippen molar-refractivity contribution in [3.8, 4) is 0 Å². The number of aliphatic carboxylic acids is 1. The lowest BCUT2D eigenvalue weighted by Crippen LogP contribution is -2.16. The van der Waals surface area contributed by atoms with Crippen LogP contribution >= 0.6 is 0 Å². The van der Waals surface area contributed by atoms with Crippen LogP contribution in [0.5, 0.6) is 0 Å². The molecule has 0 saturated heterocycles. The molecule has 0 heterocycles. The molecule has 0 aromatic rings. The topological polar surface area (TPSA) is 121 Å². The van der Waals surface area contributed by atoms with Crippen LogP contribution in [0.25, 0.3) is 0 Å². The normalized spacial score (nSPS) is 11.0. The molecule has 0 spiro atoms. The lowest BCUT2D eigenvalue weighted by atomic mass is 10.1. The number of amides is 1. The van der Waals surface area contributed by atoms with Crippen LogP contribution in [0.3, 0.4) is 0 Å². The summed E-state index contributed by atoms with van der Waals surface area (Å²) < 4.78 is 0. The van der Waals surface area contributed by atoms with Crippen LogP contribution < -0.4 is 5.73 Å². The number of aliphatic hydroxyl groups excluding tert-OH is 2. The Bertz CT molecular complexity index is 250. The van der Waals surface area contributed by atoms with Gasteiger partial charge in [0.15, 0.2) is 0 Å². The van der Waals surface area contributed by atoms with E-state index >= 15 is 0 Å². The molecular formula is C11H21NO5. The second-order valence-corrected chi connectivity index (χ2v) is 3.61. The van der Waals surface area contributed by atoms with Crippen molar-refractivity contribution in [2.24, 2.45) is 5.73 Å². The molecule has 0 aliphatic carbocycles. The van der Waals surface area contributed by atoms with Gasteiger partial charge in [0.25, 0.3) is 0 Å². The summed E-state index contributed by atoms with van der Waals surface area (Å²) in [6, 6.07) is 0. The zero-order chi connectivity index (χ0) is 13.8. The first-order valence-electron chi connectivity index (χ1n) is 5.29. The Morgan fingerprint density at radius 1 is 1.35 bits per heavy atom.